The summed E-state index contributed by atoms with van der Waals surface area (Å²) in [5, 5.41) is 8.62. The molecule has 1 N–H and O–H groups in total. The van der Waals surface area contributed by atoms with Gasteiger partial charge in [-0.1, -0.05) is 26.0 Å². The van der Waals surface area contributed by atoms with E-state index in [1.54, 1.807) is 0 Å². The average molecular weight is 233 g/mol. The van der Waals surface area contributed by atoms with E-state index in [-0.39, 0.29) is 6.42 Å². The Morgan fingerprint density at radius 1 is 1.47 bits per heavy atom. The summed E-state index contributed by atoms with van der Waals surface area (Å²) >= 11 is 0. The third-order valence-corrected chi connectivity index (χ3v) is 2.66. The molecule has 0 aliphatic heterocycles. The van der Waals surface area contributed by atoms with Crippen molar-refractivity contribution in [2.24, 2.45) is 0 Å². The number of carbonyl (C=O) groups is 1. The van der Waals surface area contributed by atoms with E-state index in [1.165, 1.54) is 0 Å². The molecule has 0 aliphatic rings. The molecule has 0 radical (unpaired) electrons. The van der Waals surface area contributed by atoms with Gasteiger partial charge in [0.2, 0.25) is 0 Å². The van der Waals surface area contributed by atoms with Gasteiger partial charge in [-0.3, -0.25) is 4.79 Å². The number of aryl methyl sites for hydroxylation is 1. The molecule has 2 aromatic rings. The number of benzene rings is 1. The molecule has 0 fully saturated rings. The Labute approximate surface area is 99.3 Å². The van der Waals surface area contributed by atoms with Gasteiger partial charge >= 0.3 is 5.97 Å². The number of hydrogen-bond acceptors (Lipinski definition) is 3. The van der Waals surface area contributed by atoms with Crippen LogP contribution >= 0.6 is 0 Å². The summed E-state index contributed by atoms with van der Waals surface area (Å²) < 4.78 is 5.64. The first kappa shape index (κ1) is 11.6. The van der Waals surface area contributed by atoms with Gasteiger partial charge in [0, 0.05) is 6.42 Å². The molecule has 0 amide bonds. The summed E-state index contributed by atoms with van der Waals surface area (Å²) in [5.41, 5.74) is 2.69. The van der Waals surface area contributed by atoms with E-state index in [4.69, 9.17) is 9.52 Å². The topological polar surface area (TPSA) is 63.3 Å². The quantitative estimate of drug-likeness (QED) is 0.881. The second-order valence-electron chi connectivity index (χ2n) is 4.35. The Hall–Kier alpha value is -1.84. The van der Waals surface area contributed by atoms with Crippen molar-refractivity contribution in [3.63, 3.8) is 0 Å². The van der Waals surface area contributed by atoms with E-state index in [0.717, 1.165) is 16.7 Å². The minimum Gasteiger partial charge on any atom is -0.481 e. The van der Waals surface area contributed by atoms with Gasteiger partial charge in [0.25, 0.3) is 0 Å². The summed E-state index contributed by atoms with van der Waals surface area (Å²) in [6.45, 7) is 4.18. The van der Waals surface area contributed by atoms with Gasteiger partial charge in [-0.15, -0.1) is 0 Å². The lowest BCUT2D eigenvalue weighted by Gasteiger charge is -2.03. The van der Waals surface area contributed by atoms with Gasteiger partial charge in [0.05, 0.1) is 6.42 Å². The van der Waals surface area contributed by atoms with Crippen molar-refractivity contribution in [1.29, 1.82) is 0 Å². The minimum atomic E-state index is -0.837. The maximum Gasteiger partial charge on any atom is 0.303 e. The SMILES string of the molecule is CC(C)c1cccc2nc(CCC(=O)O)oc12. The van der Waals surface area contributed by atoms with E-state index >= 15 is 0 Å². The van der Waals surface area contributed by atoms with Gasteiger partial charge < -0.3 is 9.52 Å². The van der Waals surface area contributed by atoms with Crippen LogP contribution in [0.5, 0.6) is 0 Å². The monoisotopic (exact) mass is 233 g/mol. The van der Waals surface area contributed by atoms with Crippen LogP contribution in [0.1, 0.15) is 37.6 Å². The molecule has 1 heterocycles. The Balaban J connectivity index is 2.36. The van der Waals surface area contributed by atoms with Crippen molar-refractivity contribution < 1.29 is 14.3 Å². The lowest BCUT2D eigenvalue weighted by atomic mass is 10.0. The number of rotatable bonds is 4. The van der Waals surface area contributed by atoms with Crippen molar-refractivity contribution in [2.45, 2.75) is 32.6 Å². The second kappa shape index (κ2) is 4.57. The van der Waals surface area contributed by atoms with Crippen molar-refractivity contribution in [1.82, 2.24) is 4.98 Å². The largest absolute Gasteiger partial charge is 0.481 e. The zero-order valence-corrected chi connectivity index (χ0v) is 9.93. The van der Waals surface area contributed by atoms with E-state index in [2.05, 4.69) is 18.8 Å². The summed E-state index contributed by atoms with van der Waals surface area (Å²) in [6, 6.07) is 5.84. The van der Waals surface area contributed by atoms with E-state index in [1.807, 2.05) is 18.2 Å². The zero-order chi connectivity index (χ0) is 12.4. The summed E-state index contributed by atoms with van der Waals surface area (Å²) in [7, 11) is 0. The Bertz CT molecular complexity index is 543. The van der Waals surface area contributed by atoms with Crippen molar-refractivity contribution >= 4 is 17.1 Å². The third kappa shape index (κ3) is 2.46. The molecule has 2 rings (SSSR count). The van der Waals surface area contributed by atoms with Crippen molar-refractivity contribution in [3.8, 4) is 0 Å². The fourth-order valence-electron chi connectivity index (χ4n) is 1.79. The first-order valence-electron chi connectivity index (χ1n) is 5.68. The first-order chi connectivity index (χ1) is 8.08. The molecule has 4 nitrogen and oxygen atoms in total. The predicted molar refractivity (Wildman–Crippen MR) is 64.1 cm³/mol. The Morgan fingerprint density at radius 3 is 2.88 bits per heavy atom. The summed E-state index contributed by atoms with van der Waals surface area (Å²) in [5.74, 6) is 0.0193. The van der Waals surface area contributed by atoms with Gasteiger partial charge in [-0.25, -0.2) is 4.98 Å². The lowest BCUT2D eigenvalue weighted by Crippen LogP contribution is -1.97. The second-order valence-corrected chi connectivity index (χ2v) is 4.35. The fraction of sp³-hybridized carbons (Fsp3) is 0.385. The highest BCUT2D eigenvalue weighted by Crippen LogP contribution is 2.26. The number of aliphatic carboxylic acids is 1. The molecule has 0 aliphatic carbocycles. The first-order valence-corrected chi connectivity index (χ1v) is 5.68. The molecule has 0 unspecified atom stereocenters. The van der Waals surface area contributed by atoms with Gasteiger partial charge in [0.15, 0.2) is 11.5 Å². The average Bonchev–Trinajstić information content (AvgIpc) is 2.68. The lowest BCUT2D eigenvalue weighted by molar-refractivity contribution is -0.137. The highest BCUT2D eigenvalue weighted by molar-refractivity contribution is 5.77. The van der Waals surface area contributed by atoms with Crippen LogP contribution in [0.15, 0.2) is 22.6 Å². The van der Waals surface area contributed by atoms with Crippen LogP contribution in [-0.4, -0.2) is 16.1 Å². The molecular formula is C13H15NO3. The number of para-hydroxylation sites is 1. The van der Waals surface area contributed by atoms with Crippen LogP contribution in [0.25, 0.3) is 11.1 Å². The minimum absolute atomic E-state index is 0.0455. The van der Waals surface area contributed by atoms with Crippen molar-refractivity contribution in [3.05, 3.63) is 29.7 Å². The highest BCUT2D eigenvalue weighted by atomic mass is 16.4. The van der Waals surface area contributed by atoms with Crippen LogP contribution in [-0.2, 0) is 11.2 Å². The summed E-state index contributed by atoms with van der Waals surface area (Å²) in [6.07, 6.45) is 0.380. The Morgan fingerprint density at radius 2 is 2.24 bits per heavy atom. The molecule has 0 saturated heterocycles. The fourth-order valence-corrected chi connectivity index (χ4v) is 1.79. The molecular weight excluding hydrogens is 218 g/mol. The van der Waals surface area contributed by atoms with Crippen LogP contribution in [0, 0.1) is 0 Å². The van der Waals surface area contributed by atoms with Gasteiger partial charge in [0.1, 0.15) is 5.52 Å². The number of aromatic nitrogens is 1. The molecule has 0 atom stereocenters. The number of carboxylic acids is 1. The van der Waals surface area contributed by atoms with Crippen LogP contribution in [0.4, 0.5) is 0 Å². The zero-order valence-electron chi connectivity index (χ0n) is 9.93. The number of fused-ring (bicyclic) bond motifs is 1. The van der Waals surface area contributed by atoms with E-state index in [0.29, 0.717) is 18.2 Å². The summed E-state index contributed by atoms with van der Waals surface area (Å²) in [4.78, 5) is 14.8. The molecule has 1 aromatic heterocycles. The number of carboxylic acid groups (broad SMARTS) is 1. The van der Waals surface area contributed by atoms with Crippen LogP contribution in [0.3, 0.4) is 0 Å². The molecule has 0 spiro atoms. The maximum absolute atomic E-state index is 10.5. The standard InChI is InChI=1S/C13H15NO3/c1-8(2)9-4-3-5-10-13(9)17-11(14-10)6-7-12(15)16/h3-5,8H,6-7H2,1-2H3,(H,15,16). The van der Waals surface area contributed by atoms with E-state index < -0.39 is 5.97 Å². The molecule has 17 heavy (non-hydrogen) atoms. The number of hydrogen-bond donors (Lipinski definition) is 1. The van der Waals surface area contributed by atoms with Gasteiger partial charge in [-0.05, 0) is 17.5 Å². The normalized spacial score (nSPS) is 11.2. The van der Waals surface area contributed by atoms with Crippen LogP contribution < -0.4 is 0 Å². The number of oxazole rings is 1. The number of nitrogens with zero attached hydrogens (tertiary/aromatic N) is 1. The highest BCUT2D eigenvalue weighted by Gasteiger charge is 2.12. The molecule has 0 bridgehead atoms. The van der Waals surface area contributed by atoms with Gasteiger partial charge in [-0.2, -0.15) is 0 Å². The molecule has 1 aromatic carbocycles. The molecule has 0 saturated carbocycles. The van der Waals surface area contributed by atoms with Crippen molar-refractivity contribution in [2.75, 3.05) is 0 Å². The predicted octanol–water partition coefficient (Wildman–Crippen LogP) is 2.97. The van der Waals surface area contributed by atoms with E-state index in [9.17, 15) is 4.79 Å². The third-order valence-electron chi connectivity index (χ3n) is 2.66. The smallest absolute Gasteiger partial charge is 0.303 e. The van der Waals surface area contributed by atoms with Crippen LogP contribution in [0.2, 0.25) is 0 Å². The Kier molecular flexibility index (Phi) is 3.13. The maximum atomic E-state index is 10.5. The molecule has 90 valence electrons. The molecule has 4 heteroatoms.